The molecule has 48 heavy (non-hydrogen) atoms. The zero-order valence-corrected chi connectivity index (χ0v) is 27.9. The summed E-state index contributed by atoms with van der Waals surface area (Å²) < 4.78 is 6.87. The normalized spacial score (nSPS) is 24.3. The van der Waals surface area contributed by atoms with E-state index >= 15 is 0 Å². The molecule has 2 N–H and O–H groups in total. The second kappa shape index (κ2) is 12.0. The first kappa shape index (κ1) is 31.8. The predicted molar refractivity (Wildman–Crippen MR) is 183 cm³/mol. The van der Waals surface area contributed by atoms with Crippen molar-refractivity contribution in [2.75, 3.05) is 7.11 Å². The largest absolute Gasteiger partial charge is 0.464 e. The standard InChI is InChI=1S/C39H42N4O5/c1-38(2,3)37(47)42-39-20-24-17-26(21-39)31(27(18-24)22-39)41-35(45)25-14-12-23(13-15-25)19-30-32(36(46)48-4)43(28-9-6-5-7-10-28)34-29(33(30)44)11-8-16-40-34/h5-16,24,26-27,31H,17-22H2,1-4H3,(H,41,45)(H,42,47)/t24-,26-,27+,31-,39+. The van der Waals surface area contributed by atoms with Gasteiger partial charge in [0.1, 0.15) is 11.3 Å². The Morgan fingerprint density at radius 1 is 0.938 bits per heavy atom. The van der Waals surface area contributed by atoms with Crippen LogP contribution in [-0.2, 0) is 16.0 Å². The minimum atomic E-state index is -0.634. The van der Waals surface area contributed by atoms with E-state index in [4.69, 9.17) is 4.74 Å². The zero-order chi connectivity index (χ0) is 33.8. The first-order valence-electron chi connectivity index (χ1n) is 16.8. The first-order valence-corrected chi connectivity index (χ1v) is 16.8. The molecule has 5 atom stereocenters. The number of methoxy groups -OCH3 is 1. The molecule has 4 aliphatic carbocycles. The number of para-hydroxylation sites is 1. The summed E-state index contributed by atoms with van der Waals surface area (Å²) in [5.41, 5.74) is 1.91. The lowest BCUT2D eigenvalue weighted by Crippen LogP contribution is -2.67. The topological polar surface area (TPSA) is 119 Å². The monoisotopic (exact) mass is 646 g/mol. The molecule has 8 rings (SSSR count). The Balaban J connectivity index is 1.13. The van der Waals surface area contributed by atoms with E-state index in [1.165, 1.54) is 7.11 Å². The fraction of sp³-hybridized carbons (Fsp3) is 0.410. The maximum Gasteiger partial charge on any atom is 0.355 e. The second-order valence-electron chi connectivity index (χ2n) is 15.0. The number of amides is 2. The number of rotatable bonds is 7. The molecule has 248 valence electrons. The zero-order valence-electron chi connectivity index (χ0n) is 27.9. The van der Waals surface area contributed by atoms with Crippen LogP contribution in [-0.4, -0.2) is 46.0 Å². The van der Waals surface area contributed by atoms with Gasteiger partial charge in [0.15, 0.2) is 5.43 Å². The van der Waals surface area contributed by atoms with E-state index < -0.39 is 11.4 Å². The van der Waals surface area contributed by atoms with Crippen LogP contribution in [0.3, 0.4) is 0 Å². The van der Waals surface area contributed by atoms with Crippen molar-refractivity contribution in [2.45, 2.75) is 70.9 Å². The minimum absolute atomic E-state index is 0.0821. The molecule has 2 amide bonds. The van der Waals surface area contributed by atoms with Crippen LogP contribution in [0.25, 0.3) is 16.7 Å². The van der Waals surface area contributed by atoms with E-state index in [1.54, 1.807) is 35.0 Å². The van der Waals surface area contributed by atoms with Gasteiger partial charge in [0.05, 0.1) is 12.5 Å². The molecule has 0 saturated heterocycles. The van der Waals surface area contributed by atoms with Gasteiger partial charge in [-0.1, -0.05) is 51.1 Å². The molecule has 4 aromatic rings. The molecule has 0 radical (unpaired) electrons. The molecule has 0 unspecified atom stereocenters. The molecule has 0 spiro atoms. The van der Waals surface area contributed by atoms with E-state index in [1.807, 2.05) is 63.2 Å². The second-order valence-corrected chi connectivity index (χ2v) is 15.0. The predicted octanol–water partition coefficient (Wildman–Crippen LogP) is 5.60. The third-order valence-corrected chi connectivity index (χ3v) is 10.6. The lowest BCUT2D eigenvalue weighted by molar-refractivity contribution is -0.135. The summed E-state index contributed by atoms with van der Waals surface area (Å²) in [5.74, 6) is 0.608. The first-order chi connectivity index (χ1) is 23.0. The van der Waals surface area contributed by atoms with E-state index in [-0.39, 0.29) is 40.9 Å². The van der Waals surface area contributed by atoms with Crippen molar-refractivity contribution in [3.63, 3.8) is 0 Å². The van der Waals surface area contributed by atoms with Crippen molar-refractivity contribution < 1.29 is 19.1 Å². The van der Waals surface area contributed by atoms with Crippen molar-refractivity contribution >= 4 is 28.8 Å². The molecule has 4 bridgehead atoms. The Morgan fingerprint density at radius 2 is 1.62 bits per heavy atom. The Labute approximate surface area is 280 Å². The Hall–Kier alpha value is -4.79. The summed E-state index contributed by atoms with van der Waals surface area (Å²) in [6.07, 6.45) is 6.75. The van der Waals surface area contributed by atoms with Crippen LogP contribution >= 0.6 is 0 Å². The molecule has 2 aromatic heterocycles. The lowest BCUT2D eigenvalue weighted by Gasteiger charge is -2.60. The number of benzene rings is 2. The van der Waals surface area contributed by atoms with Crippen LogP contribution in [0.5, 0.6) is 0 Å². The number of ether oxygens (including phenoxy) is 1. The summed E-state index contributed by atoms with van der Waals surface area (Å²) in [6, 6.07) is 20.0. The molecular formula is C39H42N4O5. The van der Waals surface area contributed by atoms with Crippen molar-refractivity contribution in [1.82, 2.24) is 20.2 Å². The number of carbonyl (C=O) groups excluding carboxylic acids is 3. The Kier molecular flexibility index (Phi) is 7.96. The van der Waals surface area contributed by atoms with Crippen LogP contribution in [0.4, 0.5) is 0 Å². The van der Waals surface area contributed by atoms with Crippen molar-refractivity contribution in [2.24, 2.45) is 23.2 Å². The summed E-state index contributed by atoms with van der Waals surface area (Å²) in [7, 11) is 1.30. The highest BCUT2D eigenvalue weighted by Crippen LogP contribution is 2.56. The highest BCUT2D eigenvalue weighted by molar-refractivity contribution is 5.95. The summed E-state index contributed by atoms with van der Waals surface area (Å²) in [5, 5.41) is 7.19. The number of carbonyl (C=O) groups is 3. The number of nitrogens with one attached hydrogen (secondary N) is 2. The summed E-state index contributed by atoms with van der Waals surface area (Å²) in [6.45, 7) is 5.86. The highest BCUT2D eigenvalue weighted by atomic mass is 16.5. The molecule has 0 aliphatic heterocycles. The molecule has 9 nitrogen and oxygen atoms in total. The number of nitrogens with zero attached hydrogens (tertiary/aromatic N) is 2. The van der Waals surface area contributed by atoms with Crippen LogP contribution in [0.15, 0.2) is 77.7 Å². The van der Waals surface area contributed by atoms with Gasteiger partial charge in [-0.15, -0.1) is 0 Å². The molecule has 4 fully saturated rings. The summed E-state index contributed by atoms with van der Waals surface area (Å²) in [4.78, 5) is 58.1. The van der Waals surface area contributed by atoms with Gasteiger partial charge < -0.3 is 15.4 Å². The van der Waals surface area contributed by atoms with Gasteiger partial charge in [-0.25, -0.2) is 9.78 Å². The highest BCUT2D eigenvalue weighted by Gasteiger charge is 2.56. The molecule has 4 saturated carbocycles. The quantitative estimate of drug-likeness (QED) is 0.252. The summed E-state index contributed by atoms with van der Waals surface area (Å²) >= 11 is 0. The molecular weight excluding hydrogens is 604 g/mol. The van der Waals surface area contributed by atoms with Crippen molar-refractivity contribution in [3.8, 4) is 5.69 Å². The number of hydrogen-bond donors (Lipinski definition) is 2. The van der Waals surface area contributed by atoms with Gasteiger partial charge in [-0.05, 0) is 91.8 Å². The molecule has 4 aliphatic rings. The fourth-order valence-electron chi connectivity index (χ4n) is 8.62. The average Bonchev–Trinajstić information content (AvgIpc) is 3.07. The minimum Gasteiger partial charge on any atom is -0.464 e. The van der Waals surface area contributed by atoms with Crippen LogP contribution in [0.2, 0.25) is 0 Å². The molecule has 9 heteroatoms. The average molecular weight is 647 g/mol. The van der Waals surface area contributed by atoms with Gasteiger partial charge in [-0.2, -0.15) is 0 Å². The third kappa shape index (κ3) is 5.69. The number of esters is 1. The van der Waals surface area contributed by atoms with Crippen LogP contribution < -0.4 is 16.1 Å². The van der Waals surface area contributed by atoms with Crippen molar-refractivity contribution in [3.05, 3.63) is 106 Å². The van der Waals surface area contributed by atoms with Gasteiger partial charge >= 0.3 is 5.97 Å². The molecule has 2 heterocycles. The third-order valence-electron chi connectivity index (χ3n) is 10.6. The maximum atomic E-state index is 13.9. The van der Waals surface area contributed by atoms with E-state index in [0.717, 1.165) is 37.7 Å². The van der Waals surface area contributed by atoms with Crippen molar-refractivity contribution in [1.29, 1.82) is 0 Å². The number of fused-ring (bicyclic) bond motifs is 1. The van der Waals surface area contributed by atoms with Crippen LogP contribution in [0, 0.1) is 23.2 Å². The Bertz CT molecular complexity index is 1940. The number of pyridine rings is 2. The maximum absolute atomic E-state index is 13.9. The van der Waals surface area contributed by atoms with Gasteiger partial charge in [0.25, 0.3) is 5.91 Å². The van der Waals surface area contributed by atoms with Crippen LogP contribution in [0.1, 0.15) is 84.8 Å². The van der Waals surface area contributed by atoms with Gasteiger partial charge in [0.2, 0.25) is 5.91 Å². The van der Waals surface area contributed by atoms with Gasteiger partial charge in [0, 0.05) is 46.4 Å². The Morgan fingerprint density at radius 3 is 2.27 bits per heavy atom. The fourth-order valence-corrected chi connectivity index (χ4v) is 8.62. The number of hydrogen-bond acceptors (Lipinski definition) is 6. The SMILES string of the molecule is COC(=O)c1c(Cc2ccc(C(=O)N[C@@H]3[C@@H]4C[C@@H]5C[C@H]3C[C@](NC(=O)C(C)(C)C)(C5)C4)cc2)c(=O)c2cccnc2n1-c1ccccc1. The lowest BCUT2D eigenvalue weighted by atomic mass is 9.51. The molecule has 2 aromatic carbocycles. The van der Waals surface area contributed by atoms with Gasteiger partial charge in [-0.3, -0.25) is 19.0 Å². The van der Waals surface area contributed by atoms with E-state index in [2.05, 4.69) is 15.6 Å². The number of aromatic nitrogens is 2. The van der Waals surface area contributed by atoms with E-state index in [0.29, 0.717) is 45.6 Å². The van der Waals surface area contributed by atoms with E-state index in [9.17, 15) is 19.2 Å². The smallest absolute Gasteiger partial charge is 0.355 e.